The minimum absolute atomic E-state index is 0.0813. The van der Waals surface area contributed by atoms with E-state index in [9.17, 15) is 4.79 Å². The molecule has 7 heteroatoms. The highest BCUT2D eigenvalue weighted by atomic mass is 35.5. The number of carbonyl (C=O) groups excluding carboxylic acids is 1. The molecule has 1 amide bonds. The van der Waals surface area contributed by atoms with Crippen LogP contribution in [0.25, 0.3) is 0 Å². The van der Waals surface area contributed by atoms with Gasteiger partial charge in [0.2, 0.25) is 0 Å². The molecule has 30 heavy (non-hydrogen) atoms. The van der Waals surface area contributed by atoms with E-state index in [0.717, 1.165) is 24.7 Å². The fourth-order valence-corrected chi connectivity index (χ4v) is 3.64. The van der Waals surface area contributed by atoms with E-state index in [1.165, 1.54) is 19.3 Å². The third-order valence-electron chi connectivity index (χ3n) is 5.12. The molecule has 0 unspecified atom stereocenters. The number of hydrogen-bond donors (Lipinski definition) is 0. The van der Waals surface area contributed by atoms with Crippen molar-refractivity contribution < 1.29 is 18.4 Å². The second-order valence-electron chi connectivity index (χ2n) is 7.36. The van der Waals surface area contributed by atoms with Crippen molar-refractivity contribution in [1.82, 2.24) is 4.90 Å². The summed E-state index contributed by atoms with van der Waals surface area (Å²) >= 11 is 5.90. The van der Waals surface area contributed by atoms with E-state index in [1.54, 1.807) is 35.4 Å². The summed E-state index contributed by atoms with van der Waals surface area (Å²) in [5.41, 5.74) is 0. The summed E-state index contributed by atoms with van der Waals surface area (Å²) in [5, 5.41) is 0.621. The molecule has 1 aromatic carbocycles. The number of carbonyl (C=O) groups is 1. The van der Waals surface area contributed by atoms with Crippen LogP contribution in [0.1, 0.15) is 30.8 Å². The van der Waals surface area contributed by atoms with Gasteiger partial charge in [0.1, 0.15) is 17.3 Å². The summed E-state index contributed by atoms with van der Waals surface area (Å²) in [6.45, 7) is 2.63. The second-order valence-corrected chi connectivity index (χ2v) is 7.80. The first-order valence-corrected chi connectivity index (χ1v) is 10.6. The zero-order chi connectivity index (χ0) is 20.8. The van der Waals surface area contributed by atoms with E-state index < -0.39 is 0 Å². The quantitative estimate of drug-likeness (QED) is 0.498. The molecule has 2 aromatic heterocycles. The first kappa shape index (κ1) is 20.4. The number of anilines is 1. The first-order chi connectivity index (χ1) is 14.7. The van der Waals surface area contributed by atoms with Gasteiger partial charge in [-0.15, -0.1) is 0 Å². The average molecular weight is 429 g/mol. The second kappa shape index (κ2) is 9.76. The Bertz CT molecular complexity index is 931. The molecule has 0 N–H and O–H groups in total. The number of hydrogen-bond acceptors (Lipinski definition) is 5. The van der Waals surface area contributed by atoms with Gasteiger partial charge in [0.05, 0.1) is 19.4 Å². The maximum Gasteiger partial charge on any atom is 0.261 e. The standard InChI is InChI=1S/C23H25ClN2O4/c24-18-6-8-19(9-7-18)29-17-22(27)26(15-20-5-4-14-28-20)16-21-10-11-23(30-21)25-12-2-1-3-13-25/h4-11,14H,1-3,12-13,15-17H2. The summed E-state index contributed by atoms with van der Waals surface area (Å²) in [6, 6.07) is 14.5. The molecular formula is C23H25ClN2O4. The van der Waals surface area contributed by atoms with Crippen LogP contribution in [0, 0.1) is 0 Å². The SMILES string of the molecule is O=C(COc1ccc(Cl)cc1)N(Cc1ccco1)Cc1ccc(N2CCCCC2)o1. The van der Waals surface area contributed by atoms with E-state index >= 15 is 0 Å². The average Bonchev–Trinajstić information content (AvgIpc) is 3.46. The Labute approximate surface area is 181 Å². The van der Waals surface area contributed by atoms with Gasteiger partial charge in [0, 0.05) is 24.2 Å². The Kier molecular flexibility index (Phi) is 6.64. The number of halogens is 1. The van der Waals surface area contributed by atoms with Gasteiger partial charge in [0.15, 0.2) is 12.5 Å². The smallest absolute Gasteiger partial charge is 0.261 e. The number of furan rings is 2. The molecule has 0 atom stereocenters. The van der Waals surface area contributed by atoms with Crippen LogP contribution in [0.5, 0.6) is 5.75 Å². The molecule has 1 aliphatic heterocycles. The van der Waals surface area contributed by atoms with E-state index in [-0.39, 0.29) is 12.5 Å². The lowest BCUT2D eigenvalue weighted by Crippen LogP contribution is -2.34. The van der Waals surface area contributed by atoms with E-state index in [2.05, 4.69) is 4.90 Å². The Morgan fingerprint density at radius 2 is 1.77 bits per heavy atom. The van der Waals surface area contributed by atoms with Crippen LogP contribution < -0.4 is 9.64 Å². The van der Waals surface area contributed by atoms with Crippen molar-refractivity contribution in [2.45, 2.75) is 32.4 Å². The monoisotopic (exact) mass is 428 g/mol. The highest BCUT2D eigenvalue weighted by molar-refractivity contribution is 6.30. The van der Waals surface area contributed by atoms with Gasteiger partial charge in [-0.05, 0) is 61.7 Å². The fourth-order valence-electron chi connectivity index (χ4n) is 3.51. The topological polar surface area (TPSA) is 59.1 Å². The van der Waals surface area contributed by atoms with Crippen LogP contribution in [-0.4, -0.2) is 30.5 Å². The predicted octanol–water partition coefficient (Wildman–Crippen LogP) is 5.12. The van der Waals surface area contributed by atoms with Crippen molar-refractivity contribution in [3.05, 3.63) is 71.3 Å². The van der Waals surface area contributed by atoms with Crippen molar-refractivity contribution in [1.29, 1.82) is 0 Å². The van der Waals surface area contributed by atoms with Gasteiger partial charge >= 0.3 is 0 Å². The van der Waals surface area contributed by atoms with Crippen LogP contribution in [0.2, 0.25) is 5.02 Å². The molecule has 1 aliphatic rings. The minimum Gasteiger partial charge on any atom is -0.484 e. The Hall–Kier alpha value is -2.86. The predicted molar refractivity (Wildman–Crippen MR) is 115 cm³/mol. The summed E-state index contributed by atoms with van der Waals surface area (Å²) < 4.78 is 17.1. The van der Waals surface area contributed by atoms with E-state index in [0.29, 0.717) is 29.6 Å². The number of ether oxygens (including phenoxy) is 1. The van der Waals surface area contributed by atoms with Crippen LogP contribution >= 0.6 is 11.6 Å². The van der Waals surface area contributed by atoms with Gasteiger partial charge in [-0.3, -0.25) is 4.79 Å². The lowest BCUT2D eigenvalue weighted by atomic mass is 10.1. The minimum atomic E-state index is -0.155. The number of benzene rings is 1. The summed E-state index contributed by atoms with van der Waals surface area (Å²) in [5.74, 6) is 2.75. The molecule has 0 saturated carbocycles. The Morgan fingerprint density at radius 1 is 1.00 bits per heavy atom. The summed E-state index contributed by atoms with van der Waals surface area (Å²) in [4.78, 5) is 16.8. The normalized spacial score (nSPS) is 14.0. The largest absolute Gasteiger partial charge is 0.484 e. The molecule has 0 radical (unpaired) electrons. The number of piperidine rings is 1. The number of rotatable bonds is 8. The molecule has 1 fully saturated rings. The summed E-state index contributed by atoms with van der Waals surface area (Å²) in [7, 11) is 0. The van der Waals surface area contributed by atoms with Gasteiger partial charge in [-0.1, -0.05) is 11.6 Å². The maximum atomic E-state index is 12.9. The first-order valence-electron chi connectivity index (χ1n) is 10.2. The van der Waals surface area contributed by atoms with E-state index in [1.807, 2.05) is 24.3 Å². The molecule has 4 rings (SSSR count). The molecule has 0 spiro atoms. The molecule has 158 valence electrons. The number of nitrogens with zero attached hydrogens (tertiary/aromatic N) is 2. The highest BCUT2D eigenvalue weighted by Gasteiger charge is 2.20. The van der Waals surface area contributed by atoms with Gasteiger partial charge in [-0.2, -0.15) is 0 Å². The molecule has 3 heterocycles. The third-order valence-corrected chi connectivity index (χ3v) is 5.37. The third kappa shape index (κ3) is 5.39. The van der Waals surface area contributed by atoms with Crippen LogP contribution in [0.3, 0.4) is 0 Å². The van der Waals surface area contributed by atoms with Gasteiger partial charge in [0.25, 0.3) is 5.91 Å². The van der Waals surface area contributed by atoms with Gasteiger partial charge in [-0.25, -0.2) is 0 Å². The zero-order valence-electron chi connectivity index (χ0n) is 16.8. The molecule has 6 nitrogen and oxygen atoms in total. The van der Waals surface area contributed by atoms with Crippen molar-refractivity contribution in [3.8, 4) is 5.75 Å². The molecule has 0 bridgehead atoms. The molecular weight excluding hydrogens is 404 g/mol. The fraction of sp³-hybridized carbons (Fsp3) is 0.348. The van der Waals surface area contributed by atoms with Crippen molar-refractivity contribution >= 4 is 23.4 Å². The van der Waals surface area contributed by atoms with Gasteiger partial charge < -0.3 is 23.4 Å². The highest BCUT2D eigenvalue weighted by Crippen LogP contribution is 2.24. The van der Waals surface area contributed by atoms with Crippen molar-refractivity contribution in [2.24, 2.45) is 0 Å². The Morgan fingerprint density at radius 3 is 2.50 bits per heavy atom. The zero-order valence-corrected chi connectivity index (χ0v) is 17.5. The Balaban J connectivity index is 1.42. The van der Waals surface area contributed by atoms with Crippen LogP contribution in [0.4, 0.5) is 5.88 Å². The van der Waals surface area contributed by atoms with Crippen molar-refractivity contribution in [3.63, 3.8) is 0 Å². The van der Waals surface area contributed by atoms with Crippen molar-refractivity contribution in [2.75, 3.05) is 24.6 Å². The maximum absolute atomic E-state index is 12.9. The molecule has 3 aromatic rings. The lowest BCUT2D eigenvalue weighted by Gasteiger charge is -2.26. The van der Waals surface area contributed by atoms with Crippen LogP contribution in [-0.2, 0) is 17.9 Å². The van der Waals surface area contributed by atoms with E-state index in [4.69, 9.17) is 25.2 Å². The molecule has 1 saturated heterocycles. The lowest BCUT2D eigenvalue weighted by molar-refractivity contribution is -0.135. The number of amides is 1. The summed E-state index contributed by atoms with van der Waals surface area (Å²) in [6.07, 6.45) is 5.23. The molecule has 0 aliphatic carbocycles. The van der Waals surface area contributed by atoms with Crippen LogP contribution in [0.15, 0.2) is 63.6 Å².